The molecule has 3 rings (SSSR count). The molecule has 1 aromatic heterocycles. The van der Waals surface area contributed by atoms with Crippen molar-refractivity contribution in [3.63, 3.8) is 0 Å². The molecule has 1 heterocycles. The minimum absolute atomic E-state index is 0.0429. The molecule has 21 heavy (non-hydrogen) atoms. The number of halogens is 1. The Morgan fingerprint density at radius 3 is 2.57 bits per heavy atom. The molecular weight excluding hydrogens is 336 g/mol. The van der Waals surface area contributed by atoms with Gasteiger partial charge in [0, 0.05) is 33.2 Å². The van der Waals surface area contributed by atoms with E-state index in [0.717, 1.165) is 0 Å². The standard InChI is InChI=1S/C15H9BrN2O3/c16-12-6-2-1-4-10(12)15(19)11-8-17-14-9(11)5-3-7-13(14)18(20)21/h1-8,17H. The van der Waals surface area contributed by atoms with Gasteiger partial charge in [0.1, 0.15) is 5.52 Å². The Balaban J connectivity index is 2.18. The Morgan fingerprint density at radius 2 is 1.86 bits per heavy atom. The first-order valence-electron chi connectivity index (χ1n) is 6.13. The first-order chi connectivity index (χ1) is 10.1. The number of rotatable bonds is 3. The van der Waals surface area contributed by atoms with Gasteiger partial charge in [0.15, 0.2) is 5.78 Å². The minimum atomic E-state index is -0.467. The van der Waals surface area contributed by atoms with Gasteiger partial charge in [0.2, 0.25) is 0 Å². The number of aromatic nitrogens is 1. The molecule has 104 valence electrons. The zero-order chi connectivity index (χ0) is 15.0. The van der Waals surface area contributed by atoms with Crippen molar-refractivity contribution in [3.8, 4) is 0 Å². The second-order valence-electron chi connectivity index (χ2n) is 4.47. The molecular formula is C15H9BrN2O3. The Labute approximate surface area is 127 Å². The summed E-state index contributed by atoms with van der Waals surface area (Å²) in [7, 11) is 0. The average Bonchev–Trinajstić information content (AvgIpc) is 2.90. The lowest BCUT2D eigenvalue weighted by Crippen LogP contribution is -2.01. The number of nitrogens with zero attached hydrogens (tertiary/aromatic N) is 1. The third-order valence-electron chi connectivity index (χ3n) is 3.25. The maximum atomic E-state index is 12.6. The lowest BCUT2D eigenvalue weighted by Gasteiger charge is -2.02. The summed E-state index contributed by atoms with van der Waals surface area (Å²) < 4.78 is 0.690. The number of fused-ring (bicyclic) bond motifs is 1. The number of carbonyl (C=O) groups excluding carboxylic acids is 1. The van der Waals surface area contributed by atoms with Crippen LogP contribution in [-0.4, -0.2) is 15.7 Å². The Bertz CT molecular complexity index is 870. The number of hydrogen-bond acceptors (Lipinski definition) is 3. The van der Waals surface area contributed by atoms with Crippen molar-refractivity contribution in [1.29, 1.82) is 0 Å². The molecule has 0 bridgehead atoms. The van der Waals surface area contributed by atoms with E-state index in [0.29, 0.717) is 26.5 Å². The van der Waals surface area contributed by atoms with E-state index < -0.39 is 4.92 Å². The molecule has 0 saturated heterocycles. The SMILES string of the molecule is O=C(c1ccccc1Br)c1c[nH]c2c([N+](=O)[O-])cccc12. The summed E-state index contributed by atoms with van der Waals surface area (Å²) in [6, 6.07) is 11.8. The molecule has 0 saturated carbocycles. The molecule has 0 unspecified atom stereocenters. The fourth-order valence-corrected chi connectivity index (χ4v) is 2.73. The van der Waals surface area contributed by atoms with Crippen molar-refractivity contribution in [2.24, 2.45) is 0 Å². The normalized spacial score (nSPS) is 10.7. The number of benzene rings is 2. The molecule has 2 aromatic carbocycles. The van der Waals surface area contributed by atoms with Crippen LogP contribution in [0.4, 0.5) is 5.69 Å². The van der Waals surface area contributed by atoms with E-state index in [4.69, 9.17) is 0 Å². The third-order valence-corrected chi connectivity index (χ3v) is 3.94. The van der Waals surface area contributed by atoms with Gasteiger partial charge in [-0.3, -0.25) is 14.9 Å². The van der Waals surface area contributed by atoms with Crippen molar-refractivity contribution in [2.45, 2.75) is 0 Å². The fraction of sp³-hybridized carbons (Fsp3) is 0. The van der Waals surface area contributed by atoms with Crippen molar-refractivity contribution in [3.05, 3.63) is 74.4 Å². The van der Waals surface area contributed by atoms with Crippen molar-refractivity contribution in [2.75, 3.05) is 0 Å². The largest absolute Gasteiger partial charge is 0.355 e. The van der Waals surface area contributed by atoms with Crippen LogP contribution in [0.1, 0.15) is 15.9 Å². The monoisotopic (exact) mass is 344 g/mol. The maximum Gasteiger partial charge on any atom is 0.293 e. The quantitative estimate of drug-likeness (QED) is 0.442. The predicted octanol–water partition coefficient (Wildman–Crippen LogP) is 4.07. The van der Waals surface area contributed by atoms with Crippen LogP contribution in [0.5, 0.6) is 0 Å². The molecule has 0 fully saturated rings. The topological polar surface area (TPSA) is 76.0 Å². The summed E-state index contributed by atoms with van der Waals surface area (Å²) in [4.78, 5) is 26.0. The summed E-state index contributed by atoms with van der Waals surface area (Å²) in [5.41, 5.74) is 1.25. The van der Waals surface area contributed by atoms with Gasteiger partial charge >= 0.3 is 0 Å². The van der Waals surface area contributed by atoms with Crippen LogP contribution in [0.15, 0.2) is 53.1 Å². The maximum absolute atomic E-state index is 12.6. The molecule has 0 spiro atoms. The van der Waals surface area contributed by atoms with Crippen molar-refractivity contribution in [1.82, 2.24) is 4.98 Å². The molecule has 3 aromatic rings. The number of para-hydroxylation sites is 1. The van der Waals surface area contributed by atoms with E-state index in [2.05, 4.69) is 20.9 Å². The minimum Gasteiger partial charge on any atom is -0.355 e. The van der Waals surface area contributed by atoms with E-state index in [1.807, 2.05) is 6.07 Å². The lowest BCUT2D eigenvalue weighted by molar-refractivity contribution is -0.383. The molecule has 0 radical (unpaired) electrons. The Morgan fingerprint density at radius 1 is 1.10 bits per heavy atom. The van der Waals surface area contributed by atoms with Crippen LogP contribution in [0, 0.1) is 10.1 Å². The van der Waals surface area contributed by atoms with E-state index in [9.17, 15) is 14.9 Å². The Hall–Kier alpha value is -2.47. The molecule has 1 N–H and O–H groups in total. The molecule has 0 amide bonds. The van der Waals surface area contributed by atoms with Crippen molar-refractivity contribution >= 4 is 38.3 Å². The smallest absolute Gasteiger partial charge is 0.293 e. The first-order valence-corrected chi connectivity index (χ1v) is 6.92. The van der Waals surface area contributed by atoms with Gasteiger partial charge in [0.05, 0.1) is 4.92 Å². The second kappa shape index (κ2) is 5.14. The van der Waals surface area contributed by atoms with E-state index in [1.54, 1.807) is 30.3 Å². The molecule has 0 aliphatic rings. The summed E-state index contributed by atoms with van der Waals surface area (Å²) >= 11 is 3.34. The summed E-state index contributed by atoms with van der Waals surface area (Å²) in [5, 5.41) is 11.6. The number of H-pyrrole nitrogens is 1. The van der Waals surface area contributed by atoms with Gasteiger partial charge in [-0.05, 0) is 12.1 Å². The van der Waals surface area contributed by atoms with Crippen LogP contribution >= 0.6 is 15.9 Å². The molecule has 0 atom stereocenters. The zero-order valence-corrected chi connectivity index (χ0v) is 12.3. The molecule has 6 heteroatoms. The summed E-state index contributed by atoms with van der Waals surface area (Å²) in [5.74, 6) is -0.186. The number of nitro groups is 1. The zero-order valence-electron chi connectivity index (χ0n) is 10.7. The number of ketones is 1. The number of carbonyl (C=O) groups is 1. The van der Waals surface area contributed by atoms with Gasteiger partial charge in [-0.1, -0.05) is 40.2 Å². The van der Waals surface area contributed by atoms with E-state index in [-0.39, 0.29) is 11.5 Å². The highest BCUT2D eigenvalue weighted by molar-refractivity contribution is 9.10. The number of nitrogens with one attached hydrogen (secondary N) is 1. The van der Waals surface area contributed by atoms with E-state index >= 15 is 0 Å². The lowest BCUT2D eigenvalue weighted by atomic mass is 10.0. The fourth-order valence-electron chi connectivity index (χ4n) is 2.27. The van der Waals surface area contributed by atoms with Crippen LogP contribution < -0.4 is 0 Å². The van der Waals surface area contributed by atoms with Crippen LogP contribution in [0.2, 0.25) is 0 Å². The van der Waals surface area contributed by atoms with Crippen LogP contribution in [-0.2, 0) is 0 Å². The predicted molar refractivity (Wildman–Crippen MR) is 82.5 cm³/mol. The van der Waals surface area contributed by atoms with Gasteiger partial charge in [-0.2, -0.15) is 0 Å². The highest BCUT2D eigenvalue weighted by Gasteiger charge is 2.20. The van der Waals surface area contributed by atoms with Gasteiger partial charge in [-0.25, -0.2) is 0 Å². The van der Waals surface area contributed by atoms with Crippen molar-refractivity contribution < 1.29 is 9.72 Å². The van der Waals surface area contributed by atoms with Gasteiger partial charge in [0.25, 0.3) is 5.69 Å². The number of hydrogen-bond donors (Lipinski definition) is 1. The average molecular weight is 345 g/mol. The second-order valence-corrected chi connectivity index (χ2v) is 5.32. The molecule has 0 aliphatic heterocycles. The number of nitro benzene ring substituents is 1. The van der Waals surface area contributed by atoms with E-state index in [1.165, 1.54) is 12.3 Å². The van der Waals surface area contributed by atoms with Gasteiger partial charge < -0.3 is 4.98 Å². The Kier molecular flexibility index (Phi) is 3.31. The summed E-state index contributed by atoms with van der Waals surface area (Å²) in [6.45, 7) is 0. The highest BCUT2D eigenvalue weighted by atomic mass is 79.9. The van der Waals surface area contributed by atoms with Crippen LogP contribution in [0.25, 0.3) is 10.9 Å². The summed E-state index contributed by atoms with van der Waals surface area (Å²) in [6.07, 6.45) is 1.51. The molecule has 0 aliphatic carbocycles. The first kappa shape index (κ1) is 13.5. The highest BCUT2D eigenvalue weighted by Crippen LogP contribution is 2.29. The van der Waals surface area contributed by atoms with Crippen LogP contribution in [0.3, 0.4) is 0 Å². The third kappa shape index (κ3) is 2.23. The molecule has 5 nitrogen and oxygen atoms in total. The number of non-ortho nitro benzene ring substituents is 1. The van der Waals surface area contributed by atoms with Gasteiger partial charge in [-0.15, -0.1) is 0 Å². The number of aromatic amines is 1.